The number of sulfone groups is 1. The molecule has 2 N–H and O–H groups in total. The minimum Gasteiger partial charge on any atom is -0.399 e. The molecule has 1 aromatic carbocycles. The molecule has 2 aromatic rings. The highest BCUT2D eigenvalue weighted by Gasteiger charge is 2.18. The quantitative estimate of drug-likeness (QED) is 0.828. The molecule has 0 aliphatic carbocycles. The summed E-state index contributed by atoms with van der Waals surface area (Å²) in [5, 5.41) is 3.95. The molecule has 1 aromatic heterocycles. The maximum Gasteiger partial charge on any atom is 0.185 e. The molecule has 2 rings (SSSR count). The van der Waals surface area contributed by atoms with Crippen LogP contribution in [0.2, 0.25) is 0 Å². The Hall–Kier alpha value is -1.89. The number of hydrogen-bond donors (Lipinski definition) is 1. The van der Waals surface area contributed by atoms with Gasteiger partial charge in [0.2, 0.25) is 0 Å². The summed E-state index contributed by atoms with van der Waals surface area (Å²) in [6.07, 6.45) is 1.36. The molecular weight excluding hydrogens is 252 g/mol. The van der Waals surface area contributed by atoms with Crippen LogP contribution in [-0.4, -0.2) is 23.2 Å². The van der Waals surface area contributed by atoms with Crippen molar-refractivity contribution in [3.8, 4) is 0 Å². The standard InChI is InChI=1S/C11H14N4O2S/c1-2-15-11(13-8-14-15)7-18(16,17)10-5-3-9(12)4-6-10/h3-6,8H,2,7,12H2,1H3. The fraction of sp³-hybridized carbons (Fsp3) is 0.273. The molecule has 0 amide bonds. The predicted molar refractivity (Wildman–Crippen MR) is 67.4 cm³/mol. The van der Waals surface area contributed by atoms with Crippen LogP contribution in [0.5, 0.6) is 0 Å². The normalized spacial score (nSPS) is 11.6. The van der Waals surface area contributed by atoms with Gasteiger partial charge in [-0.1, -0.05) is 0 Å². The number of rotatable bonds is 4. The van der Waals surface area contributed by atoms with Crippen molar-refractivity contribution in [3.05, 3.63) is 36.4 Å². The number of nitrogens with zero attached hydrogens (tertiary/aromatic N) is 3. The maximum atomic E-state index is 12.2. The molecule has 1 heterocycles. The van der Waals surface area contributed by atoms with E-state index in [-0.39, 0.29) is 10.6 Å². The summed E-state index contributed by atoms with van der Waals surface area (Å²) in [5.74, 6) is 0.277. The van der Waals surface area contributed by atoms with Crippen LogP contribution < -0.4 is 5.73 Å². The third-order valence-electron chi connectivity index (χ3n) is 2.55. The summed E-state index contributed by atoms with van der Waals surface area (Å²) in [5.41, 5.74) is 6.06. The van der Waals surface area contributed by atoms with Gasteiger partial charge in [0, 0.05) is 12.2 Å². The fourth-order valence-electron chi connectivity index (χ4n) is 1.59. The van der Waals surface area contributed by atoms with Gasteiger partial charge in [-0.15, -0.1) is 0 Å². The minimum atomic E-state index is -3.41. The molecule has 0 atom stereocenters. The number of nitrogens with two attached hydrogens (primary N) is 1. The first-order chi connectivity index (χ1) is 8.53. The summed E-state index contributed by atoms with van der Waals surface area (Å²) in [4.78, 5) is 4.20. The Balaban J connectivity index is 2.30. The van der Waals surface area contributed by atoms with E-state index >= 15 is 0 Å². The molecule has 6 nitrogen and oxygen atoms in total. The van der Waals surface area contributed by atoms with Crippen LogP contribution in [0.25, 0.3) is 0 Å². The van der Waals surface area contributed by atoms with Crippen LogP contribution in [0.15, 0.2) is 35.5 Å². The number of hydrogen-bond acceptors (Lipinski definition) is 5. The van der Waals surface area contributed by atoms with Crippen LogP contribution in [0.1, 0.15) is 12.7 Å². The third-order valence-corrected chi connectivity index (χ3v) is 4.18. The molecule has 0 aliphatic heterocycles. The van der Waals surface area contributed by atoms with Crippen molar-refractivity contribution < 1.29 is 8.42 Å². The maximum absolute atomic E-state index is 12.2. The third kappa shape index (κ3) is 2.51. The average molecular weight is 266 g/mol. The van der Waals surface area contributed by atoms with Crippen LogP contribution in [0.4, 0.5) is 5.69 Å². The zero-order valence-electron chi connectivity index (χ0n) is 9.94. The number of nitrogen functional groups attached to an aromatic ring is 1. The van der Waals surface area contributed by atoms with Crippen LogP contribution in [-0.2, 0) is 22.1 Å². The van der Waals surface area contributed by atoms with Crippen molar-refractivity contribution in [1.29, 1.82) is 0 Å². The van der Waals surface area contributed by atoms with Crippen molar-refractivity contribution in [2.45, 2.75) is 24.1 Å². The lowest BCUT2D eigenvalue weighted by Gasteiger charge is -2.05. The van der Waals surface area contributed by atoms with E-state index in [1.165, 1.54) is 18.5 Å². The van der Waals surface area contributed by atoms with Gasteiger partial charge >= 0.3 is 0 Å². The van der Waals surface area contributed by atoms with Gasteiger partial charge in [0.25, 0.3) is 0 Å². The first-order valence-electron chi connectivity index (χ1n) is 5.48. The van der Waals surface area contributed by atoms with Crippen molar-refractivity contribution in [1.82, 2.24) is 14.8 Å². The van der Waals surface area contributed by atoms with Crippen molar-refractivity contribution in [3.63, 3.8) is 0 Å². The summed E-state index contributed by atoms with van der Waals surface area (Å²) in [6, 6.07) is 6.13. The fourth-order valence-corrected chi connectivity index (χ4v) is 2.87. The lowest BCUT2D eigenvalue weighted by molar-refractivity contribution is 0.584. The highest BCUT2D eigenvalue weighted by atomic mass is 32.2. The van der Waals surface area contributed by atoms with Gasteiger partial charge in [-0.05, 0) is 31.2 Å². The number of benzene rings is 1. The Morgan fingerprint density at radius 2 is 1.94 bits per heavy atom. The molecule has 0 saturated carbocycles. The molecule has 0 radical (unpaired) electrons. The van der Waals surface area contributed by atoms with Gasteiger partial charge in [-0.3, -0.25) is 0 Å². The Morgan fingerprint density at radius 1 is 1.28 bits per heavy atom. The second-order valence-electron chi connectivity index (χ2n) is 3.82. The van der Waals surface area contributed by atoms with Crippen molar-refractivity contribution in [2.75, 3.05) is 5.73 Å². The van der Waals surface area contributed by atoms with E-state index in [0.717, 1.165) is 0 Å². The summed E-state index contributed by atoms with van der Waals surface area (Å²) in [6.45, 7) is 2.47. The number of aryl methyl sites for hydroxylation is 1. The summed E-state index contributed by atoms with van der Waals surface area (Å²) in [7, 11) is -3.41. The van der Waals surface area contributed by atoms with Gasteiger partial charge in [-0.25, -0.2) is 18.1 Å². The van der Waals surface area contributed by atoms with E-state index in [1.807, 2.05) is 6.92 Å². The molecule has 0 fully saturated rings. The van der Waals surface area contributed by atoms with Gasteiger partial charge in [-0.2, -0.15) is 5.10 Å². The Kier molecular flexibility index (Phi) is 3.33. The van der Waals surface area contributed by atoms with Gasteiger partial charge < -0.3 is 5.73 Å². The molecule has 0 spiro atoms. The van der Waals surface area contributed by atoms with E-state index in [1.54, 1.807) is 16.8 Å². The predicted octanol–water partition coefficient (Wildman–Crippen LogP) is 0.854. The highest BCUT2D eigenvalue weighted by molar-refractivity contribution is 7.90. The zero-order valence-corrected chi connectivity index (χ0v) is 10.8. The van der Waals surface area contributed by atoms with E-state index < -0.39 is 9.84 Å². The highest BCUT2D eigenvalue weighted by Crippen LogP contribution is 2.16. The minimum absolute atomic E-state index is 0.162. The molecule has 0 saturated heterocycles. The second kappa shape index (κ2) is 4.77. The monoisotopic (exact) mass is 266 g/mol. The van der Waals surface area contributed by atoms with Gasteiger partial charge in [0.05, 0.1) is 4.90 Å². The molecule has 96 valence electrons. The number of aromatic nitrogens is 3. The summed E-state index contributed by atoms with van der Waals surface area (Å²) < 4.78 is 25.9. The SMILES string of the molecule is CCn1ncnc1CS(=O)(=O)c1ccc(N)cc1. The van der Waals surface area contributed by atoms with E-state index in [2.05, 4.69) is 10.1 Å². The Bertz CT molecular complexity index is 631. The van der Waals surface area contributed by atoms with Crippen molar-refractivity contribution >= 4 is 15.5 Å². The largest absolute Gasteiger partial charge is 0.399 e. The smallest absolute Gasteiger partial charge is 0.185 e. The molecular formula is C11H14N4O2S. The van der Waals surface area contributed by atoms with E-state index in [0.29, 0.717) is 18.1 Å². The molecule has 0 unspecified atom stereocenters. The molecule has 18 heavy (non-hydrogen) atoms. The van der Waals surface area contributed by atoms with E-state index in [4.69, 9.17) is 5.73 Å². The first kappa shape index (κ1) is 12.6. The van der Waals surface area contributed by atoms with Crippen LogP contribution in [0.3, 0.4) is 0 Å². The average Bonchev–Trinajstić information content (AvgIpc) is 2.76. The first-order valence-corrected chi connectivity index (χ1v) is 7.13. The topological polar surface area (TPSA) is 90.9 Å². The van der Waals surface area contributed by atoms with Crippen LogP contribution >= 0.6 is 0 Å². The second-order valence-corrected chi connectivity index (χ2v) is 5.81. The number of anilines is 1. The molecule has 0 aliphatic rings. The Labute approximate surface area is 105 Å². The van der Waals surface area contributed by atoms with Gasteiger partial charge in [0.15, 0.2) is 9.84 Å². The Morgan fingerprint density at radius 3 is 2.56 bits per heavy atom. The van der Waals surface area contributed by atoms with Crippen molar-refractivity contribution in [2.24, 2.45) is 0 Å². The van der Waals surface area contributed by atoms with E-state index in [9.17, 15) is 8.42 Å². The van der Waals surface area contributed by atoms with Gasteiger partial charge in [0.1, 0.15) is 17.9 Å². The zero-order chi connectivity index (χ0) is 13.2. The van der Waals surface area contributed by atoms with Crippen LogP contribution in [0, 0.1) is 0 Å². The lowest BCUT2D eigenvalue weighted by Crippen LogP contribution is -2.11. The molecule has 0 bridgehead atoms. The molecule has 7 heteroatoms. The summed E-state index contributed by atoms with van der Waals surface area (Å²) >= 11 is 0. The lowest BCUT2D eigenvalue weighted by atomic mass is 10.3.